The zero-order chi connectivity index (χ0) is 4.41. The third kappa shape index (κ3) is 2.16. The molecule has 0 aromatic rings. The largest absolute Gasteiger partial charge is 1.00 e. The number of carbonyl (C=O) groups excluding carboxylic acids is 1. The van der Waals surface area contributed by atoms with Gasteiger partial charge in [-0.25, -0.2) is 4.79 Å². The minimum atomic E-state index is -0.0463. The molecule has 1 aliphatic rings. The molecule has 4 heteroatoms. The average molecular weight is 110 g/mol. The summed E-state index contributed by atoms with van der Waals surface area (Å²) in [6, 6.07) is -0.0463. The summed E-state index contributed by atoms with van der Waals surface area (Å²) < 4.78 is 0. The van der Waals surface area contributed by atoms with Crippen molar-refractivity contribution in [2.75, 3.05) is 13.1 Å². The molecule has 0 unspecified atom stereocenters. The van der Waals surface area contributed by atoms with Crippen LogP contribution in [0.4, 0.5) is 4.79 Å². The monoisotopic (exact) mass is 110 g/mol. The minimum Gasteiger partial charge on any atom is -1.00 e. The third-order valence-electron chi connectivity index (χ3n) is 0.696. The second kappa shape index (κ2) is 3.29. The molecule has 36 valence electrons. The van der Waals surface area contributed by atoms with Gasteiger partial charge in [0, 0.05) is 13.1 Å². The van der Waals surface area contributed by atoms with Gasteiger partial charge in [-0.05, 0) is 0 Å². The van der Waals surface area contributed by atoms with E-state index in [4.69, 9.17) is 0 Å². The van der Waals surface area contributed by atoms with E-state index in [2.05, 4.69) is 10.6 Å². The molecule has 1 aliphatic heterocycles. The fourth-order valence-corrected chi connectivity index (χ4v) is 0.415. The van der Waals surface area contributed by atoms with Gasteiger partial charge in [0.05, 0.1) is 0 Å². The summed E-state index contributed by atoms with van der Waals surface area (Å²) in [4.78, 5) is 10.0. The standard InChI is InChI=1S/C3H6N2O.Na.H/c6-3-4-1-2-5-3;;/h1-2H2,(H2,4,5,6);;/q;+1;-1. The Labute approximate surface area is 65.6 Å². The van der Waals surface area contributed by atoms with Crippen molar-refractivity contribution in [1.82, 2.24) is 10.6 Å². The van der Waals surface area contributed by atoms with Gasteiger partial charge < -0.3 is 12.1 Å². The second-order valence-electron chi connectivity index (χ2n) is 1.18. The van der Waals surface area contributed by atoms with Crippen LogP contribution in [-0.2, 0) is 0 Å². The fourth-order valence-electron chi connectivity index (χ4n) is 0.415. The molecule has 1 rings (SSSR count). The van der Waals surface area contributed by atoms with E-state index in [0.717, 1.165) is 13.1 Å². The molecule has 0 spiro atoms. The molecule has 0 bridgehead atoms. The predicted molar refractivity (Wildman–Crippen MR) is 22.5 cm³/mol. The van der Waals surface area contributed by atoms with Crippen LogP contribution in [0.15, 0.2) is 0 Å². The normalized spacial score (nSPS) is 16.9. The van der Waals surface area contributed by atoms with Gasteiger partial charge in [0.2, 0.25) is 0 Å². The molecule has 2 amide bonds. The molecule has 1 saturated heterocycles. The van der Waals surface area contributed by atoms with Crippen LogP contribution in [-0.4, -0.2) is 19.1 Å². The van der Waals surface area contributed by atoms with Crippen molar-refractivity contribution in [3.63, 3.8) is 0 Å². The second-order valence-corrected chi connectivity index (χ2v) is 1.18. The van der Waals surface area contributed by atoms with Crippen LogP contribution in [0.1, 0.15) is 1.43 Å². The zero-order valence-electron chi connectivity index (χ0n) is 5.32. The van der Waals surface area contributed by atoms with Crippen LogP contribution in [0.25, 0.3) is 0 Å². The summed E-state index contributed by atoms with van der Waals surface area (Å²) in [6.07, 6.45) is 0. The third-order valence-corrected chi connectivity index (χ3v) is 0.696. The van der Waals surface area contributed by atoms with Gasteiger partial charge in [0.15, 0.2) is 0 Å². The molecule has 0 saturated carbocycles. The van der Waals surface area contributed by atoms with Gasteiger partial charge in [-0.2, -0.15) is 0 Å². The molecule has 1 heterocycles. The summed E-state index contributed by atoms with van der Waals surface area (Å²) in [5.41, 5.74) is 0. The summed E-state index contributed by atoms with van der Waals surface area (Å²) in [5.74, 6) is 0. The summed E-state index contributed by atoms with van der Waals surface area (Å²) >= 11 is 0. The quantitative estimate of drug-likeness (QED) is 0.311. The Kier molecular flexibility index (Phi) is 3.42. The van der Waals surface area contributed by atoms with Crippen LogP contribution in [0.5, 0.6) is 0 Å². The molecule has 0 aromatic heterocycles. The van der Waals surface area contributed by atoms with Crippen molar-refractivity contribution in [1.29, 1.82) is 0 Å². The molecule has 0 aromatic carbocycles. The van der Waals surface area contributed by atoms with Crippen molar-refractivity contribution in [2.24, 2.45) is 0 Å². The maximum absolute atomic E-state index is 10.0. The number of rotatable bonds is 0. The van der Waals surface area contributed by atoms with Crippen molar-refractivity contribution in [3.05, 3.63) is 0 Å². The van der Waals surface area contributed by atoms with Gasteiger partial charge in [-0.1, -0.05) is 0 Å². The number of urea groups is 1. The van der Waals surface area contributed by atoms with E-state index >= 15 is 0 Å². The van der Waals surface area contributed by atoms with E-state index in [1.165, 1.54) is 0 Å². The summed E-state index contributed by atoms with van der Waals surface area (Å²) in [5, 5.41) is 5.14. The molecule has 0 aliphatic carbocycles. The SMILES string of the molecule is O=C1NCCN1.[H-].[Na+]. The predicted octanol–water partition coefficient (Wildman–Crippen LogP) is -3.58. The van der Waals surface area contributed by atoms with Gasteiger partial charge in [0.1, 0.15) is 0 Å². The van der Waals surface area contributed by atoms with Crippen molar-refractivity contribution in [2.45, 2.75) is 0 Å². The van der Waals surface area contributed by atoms with Crippen molar-refractivity contribution >= 4 is 6.03 Å². The van der Waals surface area contributed by atoms with E-state index in [1.54, 1.807) is 0 Å². The minimum absolute atomic E-state index is 0. The first-order chi connectivity index (χ1) is 2.89. The number of hydrogen-bond donors (Lipinski definition) is 2. The topological polar surface area (TPSA) is 41.1 Å². The number of hydrogen-bond acceptors (Lipinski definition) is 1. The Hall–Kier alpha value is 0.270. The molecule has 1 fully saturated rings. The Balaban J connectivity index is 0. The smallest absolute Gasteiger partial charge is 1.00 e. The van der Waals surface area contributed by atoms with Crippen LogP contribution in [0.2, 0.25) is 0 Å². The molecule has 7 heavy (non-hydrogen) atoms. The summed E-state index contributed by atoms with van der Waals surface area (Å²) in [7, 11) is 0. The van der Waals surface area contributed by atoms with Gasteiger partial charge in [-0.15, -0.1) is 0 Å². The fraction of sp³-hybridized carbons (Fsp3) is 0.667. The number of amides is 2. The van der Waals surface area contributed by atoms with Crippen molar-refractivity contribution < 1.29 is 35.8 Å². The molecular weight excluding hydrogens is 103 g/mol. The number of nitrogens with one attached hydrogen (secondary N) is 2. The van der Waals surface area contributed by atoms with E-state index < -0.39 is 0 Å². The van der Waals surface area contributed by atoms with E-state index in [9.17, 15) is 4.79 Å². The first-order valence-corrected chi connectivity index (χ1v) is 1.91. The molecule has 2 N–H and O–H groups in total. The van der Waals surface area contributed by atoms with E-state index in [-0.39, 0.29) is 37.0 Å². The van der Waals surface area contributed by atoms with Crippen LogP contribution >= 0.6 is 0 Å². The Morgan fingerprint density at radius 3 is 2.00 bits per heavy atom. The number of carbonyl (C=O) groups is 1. The van der Waals surface area contributed by atoms with E-state index in [1.807, 2.05) is 0 Å². The first-order valence-electron chi connectivity index (χ1n) is 1.91. The van der Waals surface area contributed by atoms with Gasteiger partial charge >= 0.3 is 35.6 Å². The maximum atomic E-state index is 10.0. The van der Waals surface area contributed by atoms with Gasteiger partial charge in [0.25, 0.3) is 0 Å². The Bertz CT molecular complexity index is 71.7. The Morgan fingerprint density at radius 2 is 1.86 bits per heavy atom. The van der Waals surface area contributed by atoms with Crippen molar-refractivity contribution in [3.8, 4) is 0 Å². The van der Waals surface area contributed by atoms with Crippen LogP contribution < -0.4 is 40.2 Å². The van der Waals surface area contributed by atoms with Crippen LogP contribution in [0.3, 0.4) is 0 Å². The Morgan fingerprint density at radius 1 is 1.43 bits per heavy atom. The zero-order valence-corrected chi connectivity index (χ0v) is 6.32. The van der Waals surface area contributed by atoms with E-state index in [0.29, 0.717) is 0 Å². The summed E-state index contributed by atoms with van der Waals surface area (Å²) in [6.45, 7) is 1.55. The van der Waals surface area contributed by atoms with Crippen LogP contribution in [0, 0.1) is 0 Å². The first kappa shape index (κ1) is 7.27. The molecule has 0 radical (unpaired) electrons. The molecule has 3 nitrogen and oxygen atoms in total. The van der Waals surface area contributed by atoms with Gasteiger partial charge in [-0.3, -0.25) is 0 Å². The molecule has 0 atom stereocenters. The average Bonchev–Trinajstić information content (AvgIpc) is 1.86. The maximum Gasteiger partial charge on any atom is 1.00 e. The molecular formula is C3H7N2NaO.